The van der Waals surface area contributed by atoms with Gasteiger partial charge in [-0.2, -0.15) is 0 Å². The Labute approximate surface area is 122 Å². The highest BCUT2D eigenvalue weighted by Crippen LogP contribution is 2.23. The van der Waals surface area contributed by atoms with Gasteiger partial charge in [-0.25, -0.2) is 0 Å². The number of rotatable bonds is 13. The number of hydrogen-bond donors (Lipinski definition) is 0. The molecule has 0 fully saturated rings. The molecule has 0 aliphatic carbocycles. The smallest absolute Gasteiger partial charge is 0.166 e. The Balaban J connectivity index is 4.31. The van der Waals surface area contributed by atoms with Gasteiger partial charge in [0.05, 0.1) is 10.2 Å². The molecule has 0 aliphatic heterocycles. The first-order chi connectivity index (χ1) is 9.14. The second kappa shape index (κ2) is 11.9. The Morgan fingerprint density at radius 3 is 1.89 bits per heavy atom. The Bertz CT molecular complexity index is 194. The molecule has 3 nitrogen and oxygen atoms in total. The minimum atomic E-state index is -0.468. The van der Waals surface area contributed by atoms with E-state index in [1.165, 1.54) is 32.1 Å². The van der Waals surface area contributed by atoms with Crippen molar-refractivity contribution in [3.05, 3.63) is 0 Å². The van der Waals surface area contributed by atoms with Crippen LogP contribution in [0.2, 0.25) is 0 Å². The third-order valence-electron chi connectivity index (χ3n) is 3.38. The van der Waals surface area contributed by atoms with Crippen molar-refractivity contribution in [3.63, 3.8) is 0 Å². The van der Waals surface area contributed by atoms with E-state index >= 15 is 0 Å². The second-order valence-electron chi connectivity index (χ2n) is 5.03. The van der Waals surface area contributed by atoms with Gasteiger partial charge in [-0.15, -0.1) is 0 Å². The predicted molar refractivity (Wildman–Crippen MR) is 84.7 cm³/mol. The standard InChI is InChI=1S/C15H34O3Si/c1-5-9-10-11-12-13-14(16-6-2)15(19,17-7-3)18-8-4/h14H,5-13H2,1-4,19H3. The molecule has 0 heterocycles. The lowest BCUT2D eigenvalue weighted by atomic mass is 10.1. The molecule has 0 aromatic carbocycles. The fourth-order valence-electron chi connectivity index (χ4n) is 2.43. The summed E-state index contributed by atoms with van der Waals surface area (Å²) in [6, 6.07) is 0. The van der Waals surface area contributed by atoms with Crippen LogP contribution in [0.15, 0.2) is 0 Å². The SMILES string of the molecule is CCCCCCCC(OCC)C([SiH3])(OCC)OCC. The summed E-state index contributed by atoms with van der Waals surface area (Å²) in [7, 11) is 0.836. The maximum atomic E-state index is 5.90. The number of unbranched alkanes of at least 4 members (excludes halogenated alkanes) is 4. The minimum absolute atomic E-state index is 0.0886. The Morgan fingerprint density at radius 1 is 0.842 bits per heavy atom. The van der Waals surface area contributed by atoms with E-state index in [1.54, 1.807) is 0 Å². The zero-order valence-electron chi connectivity index (χ0n) is 13.7. The lowest BCUT2D eigenvalue weighted by Crippen LogP contribution is -2.49. The highest BCUT2D eigenvalue weighted by atomic mass is 28.1. The molecular formula is C15H34O3Si. The summed E-state index contributed by atoms with van der Waals surface area (Å²) in [5.74, 6) is 0. The van der Waals surface area contributed by atoms with Gasteiger partial charge in [0.15, 0.2) is 5.41 Å². The van der Waals surface area contributed by atoms with Gasteiger partial charge in [0.2, 0.25) is 0 Å². The summed E-state index contributed by atoms with van der Waals surface area (Å²) in [5.41, 5.74) is -0.468. The molecule has 0 amide bonds. The fourth-order valence-corrected chi connectivity index (χ4v) is 3.46. The summed E-state index contributed by atoms with van der Waals surface area (Å²) >= 11 is 0. The highest BCUT2D eigenvalue weighted by molar-refractivity contribution is 6.13. The van der Waals surface area contributed by atoms with E-state index in [4.69, 9.17) is 14.2 Å². The minimum Gasteiger partial charge on any atom is -0.373 e. The van der Waals surface area contributed by atoms with E-state index in [-0.39, 0.29) is 6.10 Å². The van der Waals surface area contributed by atoms with Gasteiger partial charge in [0.25, 0.3) is 0 Å². The fraction of sp³-hybridized carbons (Fsp3) is 1.00. The van der Waals surface area contributed by atoms with Crippen LogP contribution in [0.25, 0.3) is 0 Å². The molecule has 116 valence electrons. The van der Waals surface area contributed by atoms with E-state index in [0.717, 1.165) is 23.3 Å². The van der Waals surface area contributed by atoms with Crippen LogP contribution in [0.5, 0.6) is 0 Å². The summed E-state index contributed by atoms with van der Waals surface area (Å²) in [6.07, 6.45) is 7.57. The molecule has 0 rings (SSSR count). The van der Waals surface area contributed by atoms with Gasteiger partial charge in [-0.3, -0.25) is 0 Å². The molecule has 0 aliphatic rings. The number of hydrogen-bond acceptors (Lipinski definition) is 3. The van der Waals surface area contributed by atoms with Crippen LogP contribution in [0.3, 0.4) is 0 Å². The summed E-state index contributed by atoms with van der Waals surface area (Å²) in [5, 5.41) is 0. The van der Waals surface area contributed by atoms with Gasteiger partial charge in [0, 0.05) is 19.8 Å². The third-order valence-corrected chi connectivity index (χ3v) is 4.61. The van der Waals surface area contributed by atoms with Crippen LogP contribution < -0.4 is 0 Å². The van der Waals surface area contributed by atoms with Crippen molar-refractivity contribution in [2.24, 2.45) is 0 Å². The first-order valence-electron chi connectivity index (χ1n) is 8.04. The van der Waals surface area contributed by atoms with Gasteiger partial charge in [-0.05, 0) is 27.2 Å². The summed E-state index contributed by atoms with van der Waals surface area (Å²) < 4.78 is 17.7. The molecule has 0 bridgehead atoms. The van der Waals surface area contributed by atoms with Gasteiger partial charge < -0.3 is 14.2 Å². The van der Waals surface area contributed by atoms with E-state index in [2.05, 4.69) is 6.92 Å². The lowest BCUT2D eigenvalue weighted by molar-refractivity contribution is -0.237. The molecule has 0 radical (unpaired) electrons. The normalized spacial score (nSPS) is 13.9. The van der Waals surface area contributed by atoms with Crippen LogP contribution in [0.4, 0.5) is 0 Å². The molecular weight excluding hydrogens is 256 g/mol. The molecule has 1 atom stereocenters. The third kappa shape index (κ3) is 8.08. The Kier molecular flexibility index (Phi) is 11.9. The average molecular weight is 291 g/mol. The van der Waals surface area contributed by atoms with Crippen molar-refractivity contribution >= 4 is 10.2 Å². The highest BCUT2D eigenvalue weighted by Gasteiger charge is 2.35. The molecule has 4 heteroatoms. The lowest BCUT2D eigenvalue weighted by Gasteiger charge is -2.37. The van der Waals surface area contributed by atoms with Crippen LogP contribution in [-0.4, -0.2) is 41.6 Å². The number of ether oxygens (including phenoxy) is 3. The monoisotopic (exact) mass is 290 g/mol. The zero-order chi connectivity index (χ0) is 14.6. The van der Waals surface area contributed by atoms with Crippen molar-refractivity contribution < 1.29 is 14.2 Å². The van der Waals surface area contributed by atoms with E-state index < -0.39 is 5.41 Å². The maximum absolute atomic E-state index is 5.90. The molecule has 0 saturated heterocycles. The molecule has 0 spiro atoms. The van der Waals surface area contributed by atoms with Crippen molar-refractivity contribution in [2.45, 2.75) is 77.7 Å². The Morgan fingerprint density at radius 2 is 1.42 bits per heavy atom. The summed E-state index contributed by atoms with van der Waals surface area (Å²) in [4.78, 5) is 0. The van der Waals surface area contributed by atoms with Gasteiger partial charge in [0.1, 0.15) is 6.10 Å². The first-order valence-corrected chi connectivity index (χ1v) is 9.04. The maximum Gasteiger partial charge on any atom is 0.166 e. The topological polar surface area (TPSA) is 27.7 Å². The van der Waals surface area contributed by atoms with E-state index in [1.807, 2.05) is 20.8 Å². The zero-order valence-corrected chi connectivity index (χ0v) is 15.7. The first kappa shape index (κ1) is 19.1. The van der Waals surface area contributed by atoms with Crippen molar-refractivity contribution in [2.75, 3.05) is 19.8 Å². The van der Waals surface area contributed by atoms with Gasteiger partial charge >= 0.3 is 0 Å². The van der Waals surface area contributed by atoms with E-state index in [9.17, 15) is 0 Å². The van der Waals surface area contributed by atoms with E-state index in [0.29, 0.717) is 13.2 Å². The molecule has 1 unspecified atom stereocenters. The predicted octanol–water partition coefficient (Wildman–Crippen LogP) is 2.84. The molecule has 0 aromatic rings. The van der Waals surface area contributed by atoms with Crippen molar-refractivity contribution in [3.8, 4) is 0 Å². The molecule has 0 saturated carbocycles. The van der Waals surface area contributed by atoms with Gasteiger partial charge in [-0.1, -0.05) is 39.0 Å². The quantitative estimate of drug-likeness (QED) is 0.296. The van der Waals surface area contributed by atoms with Crippen LogP contribution >= 0.6 is 0 Å². The van der Waals surface area contributed by atoms with Crippen molar-refractivity contribution in [1.29, 1.82) is 0 Å². The average Bonchev–Trinajstić information content (AvgIpc) is 2.38. The second-order valence-corrected chi connectivity index (χ2v) is 6.42. The largest absolute Gasteiger partial charge is 0.373 e. The van der Waals surface area contributed by atoms with Crippen molar-refractivity contribution in [1.82, 2.24) is 0 Å². The summed E-state index contributed by atoms with van der Waals surface area (Å²) in [6.45, 7) is 10.4. The van der Waals surface area contributed by atoms with Crippen LogP contribution in [-0.2, 0) is 14.2 Å². The Hall–Kier alpha value is 0.0969. The van der Waals surface area contributed by atoms with Crippen LogP contribution in [0, 0.1) is 0 Å². The molecule has 0 N–H and O–H groups in total. The molecule has 0 aromatic heterocycles. The molecule has 19 heavy (non-hydrogen) atoms. The van der Waals surface area contributed by atoms with Crippen LogP contribution in [0.1, 0.15) is 66.2 Å².